The molecule has 3 rings (SSSR count). The van der Waals surface area contributed by atoms with E-state index in [1.807, 2.05) is 0 Å². The molecule has 1 aromatic rings. The SMILES string of the molecule is CC(NC1CC(C)(C)Oc2ccccc21)C1CCC1. The van der Waals surface area contributed by atoms with Gasteiger partial charge in [-0.1, -0.05) is 24.6 Å². The van der Waals surface area contributed by atoms with Gasteiger partial charge in [-0.15, -0.1) is 0 Å². The Kier molecular flexibility index (Phi) is 3.30. The van der Waals surface area contributed by atoms with E-state index in [1.165, 1.54) is 24.8 Å². The number of fused-ring (bicyclic) bond motifs is 1. The Labute approximate surface area is 116 Å². The van der Waals surface area contributed by atoms with Crippen LogP contribution in [0.3, 0.4) is 0 Å². The summed E-state index contributed by atoms with van der Waals surface area (Å²) in [6.45, 7) is 6.71. The summed E-state index contributed by atoms with van der Waals surface area (Å²) in [4.78, 5) is 0. The first-order valence-electron chi connectivity index (χ1n) is 7.59. The lowest BCUT2D eigenvalue weighted by Crippen LogP contribution is -2.45. The summed E-state index contributed by atoms with van der Waals surface area (Å²) < 4.78 is 6.09. The lowest BCUT2D eigenvalue weighted by Gasteiger charge is -2.41. The van der Waals surface area contributed by atoms with Crippen LogP contribution in [0.1, 0.15) is 58.1 Å². The van der Waals surface area contributed by atoms with E-state index in [4.69, 9.17) is 4.74 Å². The summed E-state index contributed by atoms with van der Waals surface area (Å²) >= 11 is 0. The van der Waals surface area contributed by atoms with Gasteiger partial charge in [-0.2, -0.15) is 0 Å². The molecule has 2 unspecified atom stereocenters. The maximum absolute atomic E-state index is 6.09. The number of nitrogens with one attached hydrogen (secondary N) is 1. The number of hydrogen-bond donors (Lipinski definition) is 1. The molecule has 1 heterocycles. The summed E-state index contributed by atoms with van der Waals surface area (Å²) in [7, 11) is 0. The summed E-state index contributed by atoms with van der Waals surface area (Å²) in [6, 6.07) is 9.51. The van der Waals surface area contributed by atoms with Crippen LogP contribution in [-0.4, -0.2) is 11.6 Å². The standard InChI is InChI=1S/C17H25NO/c1-12(13-7-6-8-13)18-15-11-17(2,3)19-16-10-5-4-9-14(15)16/h4-5,9-10,12-13,15,18H,6-8,11H2,1-3H3. The van der Waals surface area contributed by atoms with E-state index in [2.05, 4.69) is 50.4 Å². The van der Waals surface area contributed by atoms with Crippen molar-refractivity contribution in [2.24, 2.45) is 5.92 Å². The van der Waals surface area contributed by atoms with Crippen LogP contribution in [0.25, 0.3) is 0 Å². The molecule has 0 saturated heterocycles. The Bertz CT molecular complexity index is 450. The highest BCUT2D eigenvalue weighted by Gasteiger charge is 2.35. The van der Waals surface area contributed by atoms with Crippen molar-refractivity contribution in [2.75, 3.05) is 0 Å². The Hall–Kier alpha value is -1.02. The smallest absolute Gasteiger partial charge is 0.124 e. The molecule has 1 N–H and O–H groups in total. The van der Waals surface area contributed by atoms with Gasteiger partial charge >= 0.3 is 0 Å². The third kappa shape index (κ3) is 2.64. The highest BCUT2D eigenvalue weighted by atomic mass is 16.5. The fourth-order valence-electron chi connectivity index (χ4n) is 3.34. The van der Waals surface area contributed by atoms with Gasteiger partial charge in [0.2, 0.25) is 0 Å². The third-order valence-electron chi connectivity index (χ3n) is 4.70. The second-order valence-electron chi connectivity index (χ2n) is 6.80. The van der Waals surface area contributed by atoms with E-state index in [-0.39, 0.29) is 5.60 Å². The Morgan fingerprint density at radius 3 is 2.68 bits per heavy atom. The molecule has 0 spiro atoms. The van der Waals surface area contributed by atoms with Crippen LogP contribution in [0.4, 0.5) is 0 Å². The summed E-state index contributed by atoms with van der Waals surface area (Å²) in [6.07, 6.45) is 5.23. The maximum atomic E-state index is 6.09. The van der Waals surface area contributed by atoms with Crippen molar-refractivity contribution in [2.45, 2.75) is 64.1 Å². The van der Waals surface area contributed by atoms with E-state index >= 15 is 0 Å². The molecule has 0 radical (unpaired) electrons. The number of para-hydroxylation sites is 1. The molecular weight excluding hydrogens is 234 g/mol. The van der Waals surface area contributed by atoms with Crippen molar-refractivity contribution in [3.8, 4) is 5.75 Å². The van der Waals surface area contributed by atoms with Crippen molar-refractivity contribution >= 4 is 0 Å². The molecule has 1 saturated carbocycles. The van der Waals surface area contributed by atoms with Crippen LogP contribution in [0.5, 0.6) is 5.75 Å². The number of benzene rings is 1. The molecule has 2 nitrogen and oxygen atoms in total. The Balaban J connectivity index is 1.79. The molecule has 1 fully saturated rings. The van der Waals surface area contributed by atoms with Crippen LogP contribution < -0.4 is 10.1 Å². The van der Waals surface area contributed by atoms with Crippen LogP contribution in [-0.2, 0) is 0 Å². The predicted octanol–water partition coefficient (Wildman–Crippen LogP) is 4.07. The molecule has 2 heteroatoms. The Morgan fingerprint density at radius 1 is 1.26 bits per heavy atom. The van der Waals surface area contributed by atoms with E-state index in [1.54, 1.807) is 0 Å². The molecule has 1 aliphatic carbocycles. The second-order valence-corrected chi connectivity index (χ2v) is 6.80. The van der Waals surface area contributed by atoms with E-state index in [9.17, 15) is 0 Å². The summed E-state index contributed by atoms with van der Waals surface area (Å²) in [5, 5.41) is 3.85. The van der Waals surface area contributed by atoms with Gasteiger partial charge in [-0.05, 0) is 45.6 Å². The van der Waals surface area contributed by atoms with Gasteiger partial charge < -0.3 is 10.1 Å². The fourth-order valence-corrected chi connectivity index (χ4v) is 3.34. The van der Waals surface area contributed by atoms with E-state index in [0.717, 1.165) is 18.1 Å². The van der Waals surface area contributed by atoms with Crippen LogP contribution in [0.15, 0.2) is 24.3 Å². The minimum Gasteiger partial charge on any atom is -0.487 e. The van der Waals surface area contributed by atoms with Crippen molar-refractivity contribution in [3.63, 3.8) is 0 Å². The quantitative estimate of drug-likeness (QED) is 0.883. The van der Waals surface area contributed by atoms with Crippen molar-refractivity contribution < 1.29 is 4.74 Å². The first kappa shape index (κ1) is 13.0. The first-order valence-corrected chi connectivity index (χ1v) is 7.59. The van der Waals surface area contributed by atoms with Gasteiger partial charge in [0, 0.05) is 24.1 Å². The predicted molar refractivity (Wildman–Crippen MR) is 78.4 cm³/mol. The summed E-state index contributed by atoms with van der Waals surface area (Å²) in [5.74, 6) is 1.93. The lowest BCUT2D eigenvalue weighted by molar-refractivity contribution is 0.0601. The molecule has 1 aromatic carbocycles. The monoisotopic (exact) mass is 259 g/mol. The molecule has 0 aromatic heterocycles. The largest absolute Gasteiger partial charge is 0.487 e. The van der Waals surface area contributed by atoms with Crippen LogP contribution >= 0.6 is 0 Å². The topological polar surface area (TPSA) is 21.3 Å². The van der Waals surface area contributed by atoms with Gasteiger partial charge in [-0.3, -0.25) is 0 Å². The van der Waals surface area contributed by atoms with E-state index < -0.39 is 0 Å². The zero-order chi connectivity index (χ0) is 13.5. The van der Waals surface area contributed by atoms with Crippen LogP contribution in [0.2, 0.25) is 0 Å². The number of hydrogen-bond acceptors (Lipinski definition) is 2. The fraction of sp³-hybridized carbons (Fsp3) is 0.647. The van der Waals surface area contributed by atoms with Crippen molar-refractivity contribution in [3.05, 3.63) is 29.8 Å². The van der Waals surface area contributed by atoms with Gasteiger partial charge in [0.25, 0.3) is 0 Å². The van der Waals surface area contributed by atoms with Crippen LogP contribution in [0, 0.1) is 5.92 Å². The number of ether oxygens (including phenoxy) is 1. The highest BCUT2D eigenvalue weighted by molar-refractivity contribution is 5.38. The zero-order valence-electron chi connectivity index (χ0n) is 12.3. The maximum Gasteiger partial charge on any atom is 0.124 e. The molecular formula is C17H25NO. The minimum absolute atomic E-state index is 0.0780. The van der Waals surface area contributed by atoms with Gasteiger partial charge in [0.05, 0.1) is 0 Å². The van der Waals surface area contributed by atoms with Gasteiger partial charge in [0.1, 0.15) is 11.4 Å². The van der Waals surface area contributed by atoms with Crippen molar-refractivity contribution in [1.82, 2.24) is 5.32 Å². The molecule has 0 amide bonds. The number of rotatable bonds is 3. The second kappa shape index (κ2) is 4.82. The molecule has 2 atom stereocenters. The zero-order valence-corrected chi connectivity index (χ0v) is 12.3. The molecule has 1 aliphatic heterocycles. The van der Waals surface area contributed by atoms with Gasteiger partial charge in [0.15, 0.2) is 0 Å². The van der Waals surface area contributed by atoms with Crippen molar-refractivity contribution in [1.29, 1.82) is 0 Å². The molecule has 19 heavy (non-hydrogen) atoms. The molecule has 104 valence electrons. The molecule has 2 aliphatic rings. The molecule has 0 bridgehead atoms. The normalized spacial score (nSPS) is 27.0. The van der Waals surface area contributed by atoms with Gasteiger partial charge in [-0.25, -0.2) is 0 Å². The third-order valence-corrected chi connectivity index (χ3v) is 4.70. The Morgan fingerprint density at radius 2 is 2.00 bits per heavy atom. The first-order chi connectivity index (χ1) is 9.05. The minimum atomic E-state index is -0.0780. The summed E-state index contributed by atoms with van der Waals surface area (Å²) in [5.41, 5.74) is 1.25. The lowest BCUT2D eigenvalue weighted by atomic mass is 9.79. The average Bonchev–Trinajstić information content (AvgIpc) is 2.24. The highest BCUT2D eigenvalue weighted by Crippen LogP contribution is 2.40. The van der Waals surface area contributed by atoms with E-state index in [0.29, 0.717) is 12.1 Å². The average molecular weight is 259 g/mol.